The SMILES string of the molecule is Cc1c(N)nc(C(C)(C)C)nc1NC1(C)CCCOC1. The molecule has 1 fully saturated rings. The van der Waals surface area contributed by atoms with Gasteiger partial charge in [0.2, 0.25) is 0 Å². The lowest BCUT2D eigenvalue weighted by atomic mass is 9.94. The first kappa shape index (κ1) is 15.0. The van der Waals surface area contributed by atoms with Gasteiger partial charge in [0.05, 0.1) is 12.1 Å². The molecule has 3 N–H and O–H groups in total. The predicted molar refractivity (Wildman–Crippen MR) is 82.0 cm³/mol. The van der Waals surface area contributed by atoms with E-state index < -0.39 is 0 Å². The molecule has 1 aromatic heterocycles. The lowest BCUT2D eigenvalue weighted by molar-refractivity contribution is 0.0538. The van der Waals surface area contributed by atoms with Crippen LogP contribution in [0.2, 0.25) is 0 Å². The maximum atomic E-state index is 6.04. The van der Waals surface area contributed by atoms with Gasteiger partial charge < -0.3 is 15.8 Å². The number of nitrogen functional groups attached to an aromatic ring is 1. The molecule has 1 saturated heterocycles. The van der Waals surface area contributed by atoms with Crippen molar-refractivity contribution in [1.29, 1.82) is 0 Å². The van der Waals surface area contributed by atoms with Crippen LogP contribution in [-0.2, 0) is 10.2 Å². The van der Waals surface area contributed by atoms with E-state index in [4.69, 9.17) is 10.5 Å². The highest BCUT2D eigenvalue weighted by Crippen LogP contribution is 2.29. The largest absolute Gasteiger partial charge is 0.383 e. The van der Waals surface area contributed by atoms with Crippen molar-refractivity contribution in [1.82, 2.24) is 9.97 Å². The van der Waals surface area contributed by atoms with E-state index in [1.165, 1.54) is 0 Å². The van der Waals surface area contributed by atoms with Crippen molar-refractivity contribution in [3.8, 4) is 0 Å². The molecule has 2 rings (SSSR count). The molecule has 5 heteroatoms. The maximum Gasteiger partial charge on any atom is 0.138 e. The number of ether oxygens (including phenoxy) is 1. The third-order valence-electron chi connectivity index (χ3n) is 3.71. The molecule has 112 valence electrons. The van der Waals surface area contributed by atoms with Crippen molar-refractivity contribution in [3.05, 3.63) is 11.4 Å². The predicted octanol–water partition coefficient (Wildman–Crippen LogP) is 2.65. The van der Waals surface area contributed by atoms with Gasteiger partial charge in [-0.25, -0.2) is 9.97 Å². The molecular weight excluding hydrogens is 252 g/mol. The highest BCUT2D eigenvalue weighted by Gasteiger charge is 2.29. The average Bonchev–Trinajstić information content (AvgIpc) is 2.34. The zero-order valence-corrected chi connectivity index (χ0v) is 13.2. The van der Waals surface area contributed by atoms with E-state index in [9.17, 15) is 0 Å². The molecule has 1 unspecified atom stereocenters. The summed E-state index contributed by atoms with van der Waals surface area (Å²) < 4.78 is 5.59. The van der Waals surface area contributed by atoms with Gasteiger partial charge in [-0.15, -0.1) is 0 Å². The second-order valence-corrected chi connectivity index (χ2v) is 7.00. The summed E-state index contributed by atoms with van der Waals surface area (Å²) in [5.74, 6) is 2.15. The number of nitrogens with one attached hydrogen (secondary N) is 1. The minimum atomic E-state index is -0.123. The van der Waals surface area contributed by atoms with Crippen LogP contribution >= 0.6 is 0 Å². The van der Waals surface area contributed by atoms with Crippen molar-refractivity contribution in [2.24, 2.45) is 0 Å². The van der Waals surface area contributed by atoms with E-state index >= 15 is 0 Å². The first-order valence-electron chi connectivity index (χ1n) is 7.22. The molecule has 20 heavy (non-hydrogen) atoms. The standard InChI is InChI=1S/C15H26N4O/c1-10-11(16)17-13(14(2,3)4)18-12(10)19-15(5)7-6-8-20-9-15/h6-9H2,1-5H3,(H3,16,17,18,19). The summed E-state index contributed by atoms with van der Waals surface area (Å²) >= 11 is 0. The molecule has 5 nitrogen and oxygen atoms in total. The first-order valence-corrected chi connectivity index (χ1v) is 7.22. The van der Waals surface area contributed by atoms with Crippen LogP contribution in [0.15, 0.2) is 0 Å². The molecule has 0 saturated carbocycles. The van der Waals surface area contributed by atoms with Gasteiger partial charge in [-0.2, -0.15) is 0 Å². The van der Waals surface area contributed by atoms with Crippen molar-refractivity contribution in [2.75, 3.05) is 24.3 Å². The molecule has 0 bridgehead atoms. The van der Waals surface area contributed by atoms with Crippen molar-refractivity contribution in [2.45, 2.75) is 58.4 Å². The second kappa shape index (κ2) is 5.20. The molecule has 1 aliphatic heterocycles. The van der Waals surface area contributed by atoms with Gasteiger partial charge in [0.25, 0.3) is 0 Å². The van der Waals surface area contributed by atoms with Crippen LogP contribution in [-0.4, -0.2) is 28.7 Å². The molecule has 1 atom stereocenters. The van der Waals surface area contributed by atoms with Gasteiger partial charge in [0.15, 0.2) is 0 Å². The Bertz CT molecular complexity index is 487. The summed E-state index contributed by atoms with van der Waals surface area (Å²) in [7, 11) is 0. The number of aromatic nitrogens is 2. The number of nitrogens with two attached hydrogens (primary N) is 1. The Morgan fingerprint density at radius 3 is 2.55 bits per heavy atom. The smallest absolute Gasteiger partial charge is 0.138 e. The maximum absolute atomic E-state index is 6.04. The fourth-order valence-electron chi connectivity index (χ4n) is 2.31. The summed E-state index contributed by atoms with van der Waals surface area (Å²) in [6, 6.07) is 0. The van der Waals surface area contributed by atoms with E-state index in [1.807, 2.05) is 6.92 Å². The fraction of sp³-hybridized carbons (Fsp3) is 0.733. The van der Waals surface area contributed by atoms with Crippen molar-refractivity contribution < 1.29 is 4.74 Å². The van der Waals surface area contributed by atoms with Gasteiger partial charge in [-0.05, 0) is 26.7 Å². The Morgan fingerprint density at radius 1 is 1.30 bits per heavy atom. The summed E-state index contributed by atoms with van der Waals surface area (Å²) in [6.45, 7) is 11.9. The summed E-state index contributed by atoms with van der Waals surface area (Å²) in [5.41, 5.74) is 6.74. The quantitative estimate of drug-likeness (QED) is 0.870. The normalized spacial score (nSPS) is 23.6. The van der Waals surface area contributed by atoms with Gasteiger partial charge in [-0.1, -0.05) is 20.8 Å². The zero-order valence-electron chi connectivity index (χ0n) is 13.2. The van der Waals surface area contributed by atoms with Gasteiger partial charge >= 0.3 is 0 Å². The second-order valence-electron chi connectivity index (χ2n) is 7.00. The van der Waals surface area contributed by atoms with E-state index in [0.717, 1.165) is 36.7 Å². The Labute approximate surface area is 121 Å². The van der Waals surface area contributed by atoms with Crippen LogP contribution in [0.5, 0.6) is 0 Å². The van der Waals surface area contributed by atoms with Crippen LogP contribution < -0.4 is 11.1 Å². The van der Waals surface area contributed by atoms with E-state index in [1.54, 1.807) is 0 Å². The molecule has 2 heterocycles. The number of hydrogen-bond donors (Lipinski definition) is 2. The Morgan fingerprint density at radius 2 is 2.00 bits per heavy atom. The minimum absolute atomic E-state index is 0.0844. The highest BCUT2D eigenvalue weighted by atomic mass is 16.5. The number of nitrogens with zero attached hydrogens (tertiary/aromatic N) is 2. The van der Waals surface area contributed by atoms with E-state index in [0.29, 0.717) is 12.4 Å². The number of hydrogen-bond acceptors (Lipinski definition) is 5. The van der Waals surface area contributed by atoms with Gasteiger partial charge in [0, 0.05) is 17.6 Å². The monoisotopic (exact) mass is 278 g/mol. The Hall–Kier alpha value is -1.36. The number of anilines is 2. The van der Waals surface area contributed by atoms with Crippen LogP contribution in [0.3, 0.4) is 0 Å². The summed E-state index contributed by atoms with van der Waals surface area (Å²) in [5, 5.41) is 3.52. The van der Waals surface area contributed by atoms with Crippen LogP contribution in [0.1, 0.15) is 51.9 Å². The zero-order chi connectivity index (χ0) is 15.0. The van der Waals surface area contributed by atoms with Crippen molar-refractivity contribution in [3.63, 3.8) is 0 Å². The van der Waals surface area contributed by atoms with Gasteiger partial charge in [0.1, 0.15) is 17.5 Å². The molecule has 1 aliphatic rings. The number of rotatable bonds is 2. The summed E-state index contributed by atoms with van der Waals surface area (Å²) in [6.07, 6.45) is 2.14. The molecular formula is C15H26N4O. The lowest BCUT2D eigenvalue weighted by Gasteiger charge is -2.35. The average molecular weight is 278 g/mol. The summed E-state index contributed by atoms with van der Waals surface area (Å²) in [4.78, 5) is 9.10. The van der Waals surface area contributed by atoms with Crippen LogP contribution in [0.25, 0.3) is 0 Å². The minimum Gasteiger partial charge on any atom is -0.383 e. The lowest BCUT2D eigenvalue weighted by Crippen LogP contribution is -2.43. The van der Waals surface area contributed by atoms with E-state index in [-0.39, 0.29) is 11.0 Å². The molecule has 0 radical (unpaired) electrons. The molecule has 0 amide bonds. The highest BCUT2D eigenvalue weighted by molar-refractivity contribution is 5.56. The van der Waals surface area contributed by atoms with E-state index in [2.05, 4.69) is 43.0 Å². The molecule has 0 aliphatic carbocycles. The van der Waals surface area contributed by atoms with Crippen molar-refractivity contribution >= 4 is 11.6 Å². The van der Waals surface area contributed by atoms with Crippen LogP contribution in [0.4, 0.5) is 11.6 Å². The Kier molecular flexibility index (Phi) is 3.91. The fourth-order valence-corrected chi connectivity index (χ4v) is 2.31. The Balaban J connectivity index is 2.33. The van der Waals surface area contributed by atoms with Crippen LogP contribution in [0, 0.1) is 6.92 Å². The third kappa shape index (κ3) is 3.20. The molecule has 0 aromatic carbocycles. The first-order chi connectivity index (χ1) is 9.21. The van der Waals surface area contributed by atoms with Gasteiger partial charge in [-0.3, -0.25) is 0 Å². The third-order valence-corrected chi connectivity index (χ3v) is 3.71. The molecule has 0 spiro atoms. The molecule has 1 aromatic rings. The topological polar surface area (TPSA) is 73.1 Å².